The van der Waals surface area contributed by atoms with Crippen LogP contribution in [0.5, 0.6) is 0 Å². The van der Waals surface area contributed by atoms with Crippen molar-refractivity contribution < 1.29 is 9.90 Å². The normalized spacial score (nSPS) is 15.6. The number of likely N-dealkylation sites (tertiary alicyclic amines) is 1. The summed E-state index contributed by atoms with van der Waals surface area (Å²) in [5.41, 5.74) is 9.15. The summed E-state index contributed by atoms with van der Waals surface area (Å²) in [5.74, 6) is 0. The maximum absolute atomic E-state index is 10.8. The number of hydrogen-bond donors (Lipinski definition) is 2. The fourth-order valence-electron chi connectivity index (χ4n) is 2.12. The number of nitrogens with two attached hydrogens (primary N) is 1. The molecule has 1 aliphatic rings. The molecule has 0 spiro atoms. The molecule has 0 aliphatic carbocycles. The highest BCUT2D eigenvalue weighted by Gasteiger charge is 2.17. The zero-order chi connectivity index (χ0) is 13.0. The van der Waals surface area contributed by atoms with E-state index in [4.69, 9.17) is 10.8 Å². The number of amides is 1. The average molecular weight is 246 g/mol. The van der Waals surface area contributed by atoms with Gasteiger partial charge in [-0.15, -0.1) is 0 Å². The van der Waals surface area contributed by atoms with E-state index in [1.807, 2.05) is 12.1 Å². The monoisotopic (exact) mass is 246 g/mol. The predicted molar refractivity (Wildman–Crippen MR) is 71.1 cm³/mol. The zero-order valence-corrected chi connectivity index (χ0v) is 10.3. The molecule has 0 bridgehead atoms. The van der Waals surface area contributed by atoms with Gasteiger partial charge in [0.05, 0.1) is 0 Å². The largest absolute Gasteiger partial charge is 0.465 e. The summed E-state index contributed by atoms with van der Waals surface area (Å²) in [4.78, 5) is 12.3. The quantitative estimate of drug-likeness (QED) is 0.841. The van der Waals surface area contributed by atoms with Crippen LogP contribution in [-0.4, -0.2) is 29.2 Å². The molecule has 4 heteroatoms. The van der Waals surface area contributed by atoms with Gasteiger partial charge in [0, 0.05) is 19.6 Å². The van der Waals surface area contributed by atoms with Crippen LogP contribution in [0.4, 0.5) is 4.79 Å². The number of benzene rings is 1. The predicted octanol–water partition coefficient (Wildman–Crippen LogP) is 2.30. The Morgan fingerprint density at radius 3 is 2.39 bits per heavy atom. The molecule has 1 saturated heterocycles. The minimum Gasteiger partial charge on any atom is -0.465 e. The van der Waals surface area contributed by atoms with Crippen molar-refractivity contribution in [1.29, 1.82) is 0 Å². The molecule has 0 saturated carbocycles. The van der Waals surface area contributed by atoms with Crippen LogP contribution < -0.4 is 5.73 Å². The van der Waals surface area contributed by atoms with Gasteiger partial charge >= 0.3 is 6.09 Å². The third-order valence-electron chi connectivity index (χ3n) is 3.26. The van der Waals surface area contributed by atoms with Crippen LogP contribution in [-0.2, 0) is 6.54 Å². The highest BCUT2D eigenvalue weighted by molar-refractivity contribution is 5.65. The number of carboxylic acid groups (broad SMARTS) is 1. The van der Waals surface area contributed by atoms with Gasteiger partial charge in [-0.1, -0.05) is 35.9 Å². The second-order valence-electron chi connectivity index (χ2n) is 4.52. The van der Waals surface area contributed by atoms with Gasteiger partial charge in [-0.05, 0) is 24.0 Å². The molecule has 1 fully saturated rings. The van der Waals surface area contributed by atoms with Crippen LogP contribution in [0.25, 0.3) is 6.08 Å². The minimum atomic E-state index is -0.818. The average Bonchev–Trinajstić information content (AvgIpc) is 2.40. The van der Waals surface area contributed by atoms with Crippen molar-refractivity contribution in [2.24, 2.45) is 5.73 Å². The van der Waals surface area contributed by atoms with Crippen LogP contribution in [0, 0.1) is 0 Å². The lowest BCUT2D eigenvalue weighted by Gasteiger charge is -2.25. The molecule has 2 rings (SSSR count). The van der Waals surface area contributed by atoms with Gasteiger partial charge in [-0.2, -0.15) is 0 Å². The van der Waals surface area contributed by atoms with E-state index in [0.29, 0.717) is 19.6 Å². The first-order chi connectivity index (χ1) is 8.69. The standard InChI is InChI=1S/C14H18N2O2/c15-10-13-3-1-11(2-4-13)9-12-5-7-16(8-6-12)14(17)18/h1-4,9H,5-8,10,15H2,(H,17,18). The summed E-state index contributed by atoms with van der Waals surface area (Å²) in [6.07, 6.45) is 2.98. The van der Waals surface area contributed by atoms with Crippen molar-refractivity contribution in [3.8, 4) is 0 Å². The first-order valence-electron chi connectivity index (χ1n) is 6.15. The van der Waals surface area contributed by atoms with E-state index in [9.17, 15) is 4.79 Å². The Hall–Kier alpha value is -1.81. The summed E-state index contributed by atoms with van der Waals surface area (Å²) >= 11 is 0. The van der Waals surface area contributed by atoms with Gasteiger partial charge in [0.2, 0.25) is 0 Å². The number of piperidine rings is 1. The van der Waals surface area contributed by atoms with Gasteiger partial charge in [-0.3, -0.25) is 0 Å². The third-order valence-corrected chi connectivity index (χ3v) is 3.26. The van der Waals surface area contributed by atoms with E-state index in [0.717, 1.165) is 24.0 Å². The van der Waals surface area contributed by atoms with Crippen LogP contribution in [0.15, 0.2) is 29.8 Å². The van der Waals surface area contributed by atoms with Gasteiger partial charge < -0.3 is 15.7 Å². The first-order valence-corrected chi connectivity index (χ1v) is 6.15. The fourth-order valence-corrected chi connectivity index (χ4v) is 2.12. The molecule has 4 nitrogen and oxygen atoms in total. The molecular weight excluding hydrogens is 228 g/mol. The smallest absolute Gasteiger partial charge is 0.407 e. The molecule has 1 amide bonds. The topological polar surface area (TPSA) is 66.6 Å². The number of carbonyl (C=O) groups is 1. The molecule has 0 atom stereocenters. The van der Waals surface area contributed by atoms with Crippen LogP contribution >= 0.6 is 0 Å². The maximum Gasteiger partial charge on any atom is 0.407 e. The molecule has 1 heterocycles. The van der Waals surface area contributed by atoms with Crippen molar-refractivity contribution in [1.82, 2.24) is 4.90 Å². The second-order valence-corrected chi connectivity index (χ2v) is 4.52. The summed E-state index contributed by atoms with van der Waals surface area (Å²) in [6.45, 7) is 1.76. The van der Waals surface area contributed by atoms with Gasteiger partial charge in [0.25, 0.3) is 0 Å². The highest BCUT2D eigenvalue weighted by Crippen LogP contribution is 2.19. The lowest BCUT2D eigenvalue weighted by molar-refractivity contribution is 0.142. The maximum atomic E-state index is 10.8. The zero-order valence-electron chi connectivity index (χ0n) is 10.3. The van der Waals surface area contributed by atoms with Crippen molar-refractivity contribution in [3.05, 3.63) is 41.0 Å². The molecule has 1 aliphatic heterocycles. The van der Waals surface area contributed by atoms with Gasteiger partial charge in [-0.25, -0.2) is 4.79 Å². The number of nitrogens with zero attached hydrogens (tertiary/aromatic N) is 1. The SMILES string of the molecule is NCc1ccc(C=C2CCN(C(=O)O)CC2)cc1. The third kappa shape index (κ3) is 3.11. The number of rotatable bonds is 2. The summed E-state index contributed by atoms with van der Waals surface area (Å²) in [5, 5.41) is 8.87. The van der Waals surface area contributed by atoms with E-state index < -0.39 is 6.09 Å². The molecule has 18 heavy (non-hydrogen) atoms. The molecule has 0 radical (unpaired) electrons. The minimum absolute atomic E-state index is 0.560. The lowest BCUT2D eigenvalue weighted by Crippen LogP contribution is -2.35. The molecule has 1 aromatic rings. The summed E-state index contributed by atoms with van der Waals surface area (Å²) in [6, 6.07) is 8.16. The van der Waals surface area contributed by atoms with E-state index in [1.165, 1.54) is 10.5 Å². The van der Waals surface area contributed by atoms with Crippen LogP contribution in [0.3, 0.4) is 0 Å². The Bertz CT molecular complexity index is 441. The molecule has 0 aromatic heterocycles. The van der Waals surface area contributed by atoms with Crippen molar-refractivity contribution in [3.63, 3.8) is 0 Å². The second kappa shape index (κ2) is 5.69. The Morgan fingerprint density at radius 2 is 1.89 bits per heavy atom. The van der Waals surface area contributed by atoms with E-state index >= 15 is 0 Å². The number of hydrogen-bond acceptors (Lipinski definition) is 2. The Balaban J connectivity index is 1.99. The van der Waals surface area contributed by atoms with Crippen molar-refractivity contribution in [2.45, 2.75) is 19.4 Å². The fraction of sp³-hybridized carbons (Fsp3) is 0.357. The van der Waals surface area contributed by atoms with Gasteiger partial charge in [0.1, 0.15) is 0 Å². The molecule has 0 unspecified atom stereocenters. The molecule has 3 N–H and O–H groups in total. The Kier molecular flexibility index (Phi) is 3.99. The van der Waals surface area contributed by atoms with E-state index in [-0.39, 0.29) is 0 Å². The van der Waals surface area contributed by atoms with Crippen molar-refractivity contribution >= 4 is 12.2 Å². The highest BCUT2D eigenvalue weighted by atomic mass is 16.4. The van der Waals surface area contributed by atoms with Crippen LogP contribution in [0.1, 0.15) is 24.0 Å². The Morgan fingerprint density at radius 1 is 1.28 bits per heavy atom. The summed E-state index contributed by atoms with van der Waals surface area (Å²) < 4.78 is 0. The van der Waals surface area contributed by atoms with E-state index in [1.54, 1.807) is 0 Å². The molecule has 96 valence electrons. The molecular formula is C14H18N2O2. The summed E-state index contributed by atoms with van der Waals surface area (Å²) in [7, 11) is 0. The van der Waals surface area contributed by atoms with Crippen molar-refractivity contribution in [2.75, 3.05) is 13.1 Å². The van der Waals surface area contributed by atoms with Gasteiger partial charge in [0.15, 0.2) is 0 Å². The van der Waals surface area contributed by atoms with Crippen LogP contribution in [0.2, 0.25) is 0 Å². The Labute approximate surface area is 107 Å². The first kappa shape index (κ1) is 12.6. The lowest BCUT2D eigenvalue weighted by atomic mass is 10.0. The molecule has 1 aromatic carbocycles. The van der Waals surface area contributed by atoms with E-state index in [2.05, 4.69) is 18.2 Å².